The van der Waals surface area contributed by atoms with Crippen LogP contribution in [0.4, 0.5) is 5.95 Å². The molecule has 0 bridgehead atoms. The van der Waals surface area contributed by atoms with Gasteiger partial charge in [-0.3, -0.25) is 0 Å². The Hall–Kier alpha value is -0.870. The van der Waals surface area contributed by atoms with E-state index in [0.29, 0.717) is 17.0 Å². The van der Waals surface area contributed by atoms with E-state index in [4.69, 9.17) is 11.6 Å². The van der Waals surface area contributed by atoms with Crippen molar-refractivity contribution in [1.29, 1.82) is 0 Å². The molecule has 1 aromatic rings. The van der Waals surface area contributed by atoms with Crippen LogP contribution in [-0.2, 0) is 0 Å². The van der Waals surface area contributed by atoms with Crippen molar-refractivity contribution in [2.24, 2.45) is 5.92 Å². The van der Waals surface area contributed by atoms with E-state index in [1.165, 1.54) is 0 Å². The smallest absolute Gasteiger partial charge is 0.226 e. The number of hydrogen-bond acceptors (Lipinski definition) is 4. The highest BCUT2D eigenvalue weighted by Gasteiger charge is 2.21. The number of anilines is 1. The number of hydrogen-bond donors (Lipinski definition) is 1. The highest BCUT2D eigenvalue weighted by atomic mass is 35.5. The fourth-order valence-corrected chi connectivity index (χ4v) is 2.29. The van der Waals surface area contributed by atoms with Crippen LogP contribution in [0.15, 0.2) is 6.07 Å². The first-order chi connectivity index (χ1) is 7.69. The van der Waals surface area contributed by atoms with Crippen molar-refractivity contribution in [3.63, 3.8) is 0 Å². The molecule has 88 valence electrons. The van der Waals surface area contributed by atoms with E-state index in [9.17, 15) is 5.11 Å². The Morgan fingerprint density at radius 2 is 2.38 bits per heavy atom. The van der Waals surface area contributed by atoms with Crippen LogP contribution in [0.2, 0.25) is 5.15 Å². The minimum atomic E-state index is 0.232. The summed E-state index contributed by atoms with van der Waals surface area (Å²) in [6.45, 7) is 3.90. The minimum Gasteiger partial charge on any atom is -0.396 e. The van der Waals surface area contributed by atoms with Crippen LogP contribution in [0, 0.1) is 12.8 Å². The first kappa shape index (κ1) is 11.6. The number of piperidine rings is 1. The van der Waals surface area contributed by atoms with Crippen LogP contribution < -0.4 is 4.90 Å². The second-order valence-corrected chi connectivity index (χ2v) is 4.66. The van der Waals surface area contributed by atoms with Gasteiger partial charge >= 0.3 is 0 Å². The van der Waals surface area contributed by atoms with Gasteiger partial charge in [0.15, 0.2) is 0 Å². The Kier molecular flexibility index (Phi) is 3.61. The van der Waals surface area contributed by atoms with Crippen LogP contribution in [0.25, 0.3) is 0 Å². The number of nitrogens with zero attached hydrogens (tertiary/aromatic N) is 3. The highest BCUT2D eigenvalue weighted by molar-refractivity contribution is 6.29. The van der Waals surface area contributed by atoms with Crippen LogP contribution >= 0.6 is 11.6 Å². The van der Waals surface area contributed by atoms with Crippen LogP contribution in [0.5, 0.6) is 0 Å². The molecule has 0 aromatic carbocycles. The second-order valence-electron chi connectivity index (χ2n) is 4.27. The van der Waals surface area contributed by atoms with E-state index < -0.39 is 0 Å². The van der Waals surface area contributed by atoms with Gasteiger partial charge in [-0.25, -0.2) is 9.97 Å². The summed E-state index contributed by atoms with van der Waals surface area (Å²) < 4.78 is 0. The van der Waals surface area contributed by atoms with Crippen LogP contribution in [0.1, 0.15) is 18.5 Å². The van der Waals surface area contributed by atoms with Crippen molar-refractivity contribution >= 4 is 17.5 Å². The third-order valence-electron chi connectivity index (χ3n) is 2.87. The third kappa shape index (κ3) is 2.62. The van der Waals surface area contributed by atoms with E-state index in [1.54, 1.807) is 6.07 Å². The summed E-state index contributed by atoms with van der Waals surface area (Å²) in [7, 11) is 0. The molecule has 1 aromatic heterocycles. The highest BCUT2D eigenvalue weighted by Crippen LogP contribution is 2.21. The van der Waals surface area contributed by atoms with Crippen molar-refractivity contribution in [3.05, 3.63) is 16.9 Å². The Morgan fingerprint density at radius 3 is 3.06 bits per heavy atom. The van der Waals surface area contributed by atoms with E-state index in [-0.39, 0.29) is 6.61 Å². The van der Waals surface area contributed by atoms with Gasteiger partial charge < -0.3 is 10.0 Å². The standard InChI is InChI=1S/C11H16ClN3O/c1-8-5-10(12)14-11(13-8)15-4-2-3-9(6-15)7-16/h5,9,16H,2-4,6-7H2,1H3/t9-/m0/s1. The molecule has 16 heavy (non-hydrogen) atoms. The van der Waals surface area contributed by atoms with Gasteiger partial charge in [-0.2, -0.15) is 0 Å². The number of aliphatic hydroxyl groups excluding tert-OH is 1. The van der Waals surface area contributed by atoms with E-state index in [2.05, 4.69) is 14.9 Å². The zero-order valence-corrected chi connectivity index (χ0v) is 10.1. The molecule has 5 heteroatoms. The molecule has 1 N–H and O–H groups in total. The minimum absolute atomic E-state index is 0.232. The predicted octanol–water partition coefficient (Wildman–Crippen LogP) is 1.65. The summed E-state index contributed by atoms with van der Waals surface area (Å²) in [5, 5.41) is 9.65. The number of aliphatic hydroxyl groups is 1. The average molecular weight is 242 g/mol. The van der Waals surface area contributed by atoms with Gasteiger partial charge in [0.05, 0.1) is 0 Å². The lowest BCUT2D eigenvalue weighted by atomic mass is 9.99. The largest absolute Gasteiger partial charge is 0.396 e. The van der Waals surface area contributed by atoms with Crippen LogP contribution in [0.3, 0.4) is 0 Å². The fourth-order valence-electron chi connectivity index (χ4n) is 2.05. The van der Waals surface area contributed by atoms with E-state index in [1.807, 2.05) is 6.92 Å². The number of halogens is 1. The molecule has 0 spiro atoms. The topological polar surface area (TPSA) is 49.2 Å². The second kappa shape index (κ2) is 4.97. The number of aromatic nitrogens is 2. The molecule has 1 atom stereocenters. The third-order valence-corrected chi connectivity index (χ3v) is 3.06. The molecule has 1 aliphatic heterocycles. The van der Waals surface area contributed by atoms with Gasteiger partial charge in [-0.05, 0) is 31.7 Å². The normalized spacial score (nSPS) is 21.2. The fraction of sp³-hybridized carbons (Fsp3) is 0.636. The van der Waals surface area contributed by atoms with Gasteiger partial charge in [0.25, 0.3) is 0 Å². The molecule has 0 aliphatic carbocycles. The van der Waals surface area contributed by atoms with E-state index >= 15 is 0 Å². The molecule has 1 aliphatic rings. The van der Waals surface area contributed by atoms with Crippen molar-refractivity contribution in [3.8, 4) is 0 Å². The van der Waals surface area contributed by atoms with Gasteiger partial charge in [0.2, 0.25) is 5.95 Å². The predicted molar refractivity (Wildman–Crippen MR) is 63.8 cm³/mol. The molecule has 1 fully saturated rings. The van der Waals surface area contributed by atoms with Gasteiger partial charge in [0.1, 0.15) is 5.15 Å². The summed E-state index contributed by atoms with van der Waals surface area (Å²) in [5.41, 5.74) is 0.876. The van der Waals surface area contributed by atoms with Crippen molar-refractivity contribution in [1.82, 2.24) is 9.97 Å². The van der Waals surface area contributed by atoms with Crippen LogP contribution in [-0.4, -0.2) is 34.8 Å². The maximum Gasteiger partial charge on any atom is 0.226 e. The van der Waals surface area contributed by atoms with E-state index in [0.717, 1.165) is 31.6 Å². The molecule has 0 radical (unpaired) electrons. The molecule has 4 nitrogen and oxygen atoms in total. The lowest BCUT2D eigenvalue weighted by Crippen LogP contribution is -2.37. The molecule has 2 heterocycles. The van der Waals surface area contributed by atoms with Crippen molar-refractivity contribution in [2.75, 3.05) is 24.6 Å². The maximum atomic E-state index is 9.17. The van der Waals surface area contributed by atoms with Gasteiger partial charge in [-0.15, -0.1) is 0 Å². The summed E-state index contributed by atoms with van der Waals surface area (Å²) in [5.74, 6) is 1.01. The molecule has 1 saturated heterocycles. The molecule has 0 unspecified atom stereocenters. The zero-order chi connectivity index (χ0) is 11.5. The summed E-state index contributed by atoms with van der Waals surface area (Å²) in [4.78, 5) is 10.7. The Balaban J connectivity index is 2.16. The summed E-state index contributed by atoms with van der Waals surface area (Å²) in [6, 6.07) is 1.75. The zero-order valence-electron chi connectivity index (χ0n) is 9.36. The molecule has 2 rings (SSSR count). The Morgan fingerprint density at radius 1 is 1.56 bits per heavy atom. The number of rotatable bonds is 2. The SMILES string of the molecule is Cc1cc(Cl)nc(N2CCC[C@H](CO)C2)n1. The number of aryl methyl sites for hydroxylation is 1. The molecule has 0 amide bonds. The summed E-state index contributed by atoms with van der Waals surface area (Å²) >= 11 is 5.91. The summed E-state index contributed by atoms with van der Waals surface area (Å²) in [6.07, 6.45) is 2.15. The monoisotopic (exact) mass is 241 g/mol. The maximum absolute atomic E-state index is 9.17. The Bertz CT molecular complexity index is 352. The van der Waals surface area contributed by atoms with Crippen molar-refractivity contribution < 1.29 is 5.11 Å². The van der Waals surface area contributed by atoms with Crippen molar-refractivity contribution in [2.45, 2.75) is 19.8 Å². The lowest BCUT2D eigenvalue weighted by molar-refractivity contribution is 0.208. The van der Waals surface area contributed by atoms with Gasteiger partial charge in [0, 0.05) is 25.4 Å². The lowest BCUT2D eigenvalue weighted by Gasteiger charge is -2.31. The molecular weight excluding hydrogens is 226 g/mol. The Labute approximate surface area is 100 Å². The molecular formula is C11H16ClN3O. The molecule has 0 saturated carbocycles. The first-order valence-electron chi connectivity index (χ1n) is 5.56. The average Bonchev–Trinajstić information content (AvgIpc) is 2.28. The quantitative estimate of drug-likeness (QED) is 0.800. The van der Waals surface area contributed by atoms with Gasteiger partial charge in [-0.1, -0.05) is 11.6 Å². The first-order valence-corrected chi connectivity index (χ1v) is 5.94.